The summed E-state index contributed by atoms with van der Waals surface area (Å²) in [5.41, 5.74) is 0.655. The molecule has 1 aromatic heterocycles. The van der Waals surface area contributed by atoms with Crippen molar-refractivity contribution in [3.8, 4) is 5.69 Å². The van der Waals surface area contributed by atoms with Crippen molar-refractivity contribution in [1.29, 1.82) is 0 Å². The number of hydrogen-bond acceptors (Lipinski definition) is 4. The summed E-state index contributed by atoms with van der Waals surface area (Å²) in [6.45, 7) is 0. The zero-order chi connectivity index (χ0) is 12.4. The largest absolute Gasteiger partial charge is 0.311 e. The first-order valence-corrected chi connectivity index (χ1v) is 5.30. The molecule has 0 spiro atoms. The molecule has 1 aromatic carbocycles. The second-order valence-electron chi connectivity index (χ2n) is 3.51. The Balaban J connectivity index is 2.60. The molecule has 0 saturated heterocycles. The van der Waals surface area contributed by atoms with Gasteiger partial charge in [-0.15, -0.1) is 0 Å². The van der Waals surface area contributed by atoms with Crippen molar-refractivity contribution >= 4 is 17.3 Å². The molecule has 0 fully saturated rings. The number of hydrogen-bond donors (Lipinski definition) is 1. The number of hydrazine groups is 1. The molecule has 6 heteroatoms. The molecule has 0 atom stereocenters. The van der Waals surface area contributed by atoms with Crippen LogP contribution in [-0.4, -0.2) is 16.8 Å². The summed E-state index contributed by atoms with van der Waals surface area (Å²) in [7, 11) is 1.59. The van der Waals surface area contributed by atoms with Crippen LogP contribution in [0.4, 0.5) is 5.69 Å². The second kappa shape index (κ2) is 4.57. The number of halogens is 1. The summed E-state index contributed by atoms with van der Waals surface area (Å²) in [5, 5.41) is 5.33. The number of para-hydroxylation sites is 1. The first-order valence-electron chi connectivity index (χ1n) is 4.93. The molecule has 2 N–H and O–H groups in total. The van der Waals surface area contributed by atoms with Crippen LogP contribution in [0.15, 0.2) is 41.3 Å². The normalized spacial score (nSPS) is 10.3. The minimum atomic E-state index is -0.396. The standard InChI is InChI=1S/C11H11ClN4O/c1-15(13)9-7-14-16(11(17)10(9)12)8-5-3-2-4-6-8/h2-7H,13H2,1H3. The average Bonchev–Trinajstić information content (AvgIpc) is 2.33. The molecule has 17 heavy (non-hydrogen) atoms. The minimum Gasteiger partial charge on any atom is -0.311 e. The number of rotatable bonds is 2. The van der Waals surface area contributed by atoms with Crippen molar-refractivity contribution in [2.24, 2.45) is 5.84 Å². The van der Waals surface area contributed by atoms with E-state index < -0.39 is 5.56 Å². The molecular weight excluding hydrogens is 240 g/mol. The summed E-state index contributed by atoms with van der Waals surface area (Å²) in [4.78, 5) is 12.0. The molecule has 2 rings (SSSR count). The van der Waals surface area contributed by atoms with Crippen molar-refractivity contribution in [1.82, 2.24) is 9.78 Å². The number of nitrogens with zero attached hydrogens (tertiary/aromatic N) is 3. The number of anilines is 1. The van der Waals surface area contributed by atoms with Crippen molar-refractivity contribution in [3.05, 3.63) is 51.9 Å². The average molecular weight is 251 g/mol. The van der Waals surface area contributed by atoms with Gasteiger partial charge < -0.3 is 5.01 Å². The number of benzene rings is 1. The van der Waals surface area contributed by atoms with Crippen LogP contribution in [0.1, 0.15) is 0 Å². The Labute approximate surface area is 103 Å². The van der Waals surface area contributed by atoms with Crippen molar-refractivity contribution in [2.45, 2.75) is 0 Å². The maximum absolute atomic E-state index is 12.0. The van der Waals surface area contributed by atoms with E-state index in [2.05, 4.69) is 5.10 Å². The zero-order valence-electron chi connectivity index (χ0n) is 9.17. The Hall–Kier alpha value is -1.85. The number of nitrogens with two attached hydrogens (primary N) is 1. The molecule has 1 heterocycles. The Morgan fingerprint density at radius 2 is 2.00 bits per heavy atom. The third kappa shape index (κ3) is 2.15. The van der Waals surface area contributed by atoms with E-state index in [1.165, 1.54) is 15.9 Å². The second-order valence-corrected chi connectivity index (χ2v) is 3.89. The van der Waals surface area contributed by atoms with Gasteiger partial charge >= 0.3 is 0 Å². The van der Waals surface area contributed by atoms with E-state index >= 15 is 0 Å². The lowest BCUT2D eigenvalue weighted by atomic mass is 10.3. The van der Waals surface area contributed by atoms with E-state index in [1.54, 1.807) is 19.2 Å². The highest BCUT2D eigenvalue weighted by atomic mass is 35.5. The summed E-state index contributed by atoms with van der Waals surface area (Å²) < 4.78 is 1.23. The van der Waals surface area contributed by atoms with Crippen molar-refractivity contribution in [3.63, 3.8) is 0 Å². The van der Waals surface area contributed by atoms with Gasteiger partial charge in [0.25, 0.3) is 5.56 Å². The highest BCUT2D eigenvalue weighted by Gasteiger charge is 2.11. The third-order valence-corrected chi connectivity index (χ3v) is 2.64. The summed E-state index contributed by atoms with van der Waals surface area (Å²) in [6.07, 6.45) is 1.46. The van der Waals surface area contributed by atoms with Gasteiger partial charge in [-0.25, -0.2) is 5.84 Å². The van der Waals surface area contributed by atoms with Crippen LogP contribution in [-0.2, 0) is 0 Å². The monoisotopic (exact) mass is 250 g/mol. The molecule has 0 amide bonds. The topological polar surface area (TPSA) is 64.2 Å². The van der Waals surface area contributed by atoms with E-state index in [9.17, 15) is 4.79 Å². The molecule has 0 aliphatic carbocycles. The van der Waals surface area contributed by atoms with Gasteiger partial charge in [-0.1, -0.05) is 29.8 Å². The lowest BCUT2D eigenvalue weighted by Gasteiger charge is -2.14. The maximum atomic E-state index is 12.0. The highest BCUT2D eigenvalue weighted by molar-refractivity contribution is 6.33. The molecule has 0 unspecified atom stereocenters. The first kappa shape index (κ1) is 11.6. The third-order valence-electron chi connectivity index (χ3n) is 2.28. The van der Waals surface area contributed by atoms with Crippen LogP contribution < -0.4 is 16.4 Å². The molecule has 5 nitrogen and oxygen atoms in total. The maximum Gasteiger partial charge on any atom is 0.292 e. The Morgan fingerprint density at radius 1 is 1.35 bits per heavy atom. The summed E-state index contributed by atoms with van der Waals surface area (Å²) >= 11 is 5.95. The molecular formula is C11H11ClN4O. The van der Waals surface area contributed by atoms with Crippen LogP contribution in [0.2, 0.25) is 5.02 Å². The van der Waals surface area contributed by atoms with Crippen LogP contribution in [0.3, 0.4) is 0 Å². The molecule has 0 radical (unpaired) electrons. The van der Waals surface area contributed by atoms with Crippen molar-refractivity contribution < 1.29 is 0 Å². The fraction of sp³-hybridized carbons (Fsp3) is 0.0909. The van der Waals surface area contributed by atoms with Gasteiger partial charge in [-0.3, -0.25) is 4.79 Å². The predicted octanol–water partition coefficient (Wildman–Crippen LogP) is 1.20. The summed E-state index contributed by atoms with van der Waals surface area (Å²) in [6, 6.07) is 9.05. The molecule has 0 saturated carbocycles. The Kier molecular flexibility index (Phi) is 3.12. The zero-order valence-corrected chi connectivity index (χ0v) is 9.93. The fourth-order valence-electron chi connectivity index (χ4n) is 1.42. The predicted molar refractivity (Wildman–Crippen MR) is 67.4 cm³/mol. The first-order chi connectivity index (χ1) is 8.11. The van der Waals surface area contributed by atoms with Gasteiger partial charge in [0.2, 0.25) is 0 Å². The van der Waals surface area contributed by atoms with Gasteiger partial charge in [0, 0.05) is 7.05 Å². The van der Waals surface area contributed by atoms with E-state index in [1.807, 2.05) is 18.2 Å². The Bertz CT molecular complexity index is 580. The smallest absolute Gasteiger partial charge is 0.292 e. The van der Waals surface area contributed by atoms with Crippen LogP contribution >= 0.6 is 11.6 Å². The molecule has 0 aliphatic heterocycles. The molecule has 88 valence electrons. The molecule has 0 bridgehead atoms. The SMILES string of the molecule is CN(N)c1cnn(-c2ccccc2)c(=O)c1Cl. The van der Waals surface area contributed by atoms with Crippen LogP contribution in [0, 0.1) is 0 Å². The van der Waals surface area contributed by atoms with E-state index in [-0.39, 0.29) is 5.02 Å². The van der Waals surface area contributed by atoms with Gasteiger partial charge in [0.15, 0.2) is 0 Å². The van der Waals surface area contributed by atoms with Crippen molar-refractivity contribution in [2.75, 3.05) is 12.1 Å². The fourth-order valence-corrected chi connectivity index (χ4v) is 1.69. The van der Waals surface area contributed by atoms with Gasteiger partial charge in [-0.05, 0) is 12.1 Å². The van der Waals surface area contributed by atoms with Crippen LogP contribution in [0.5, 0.6) is 0 Å². The quantitative estimate of drug-likeness (QED) is 0.643. The lowest BCUT2D eigenvalue weighted by Crippen LogP contribution is -2.30. The minimum absolute atomic E-state index is 0.0499. The molecule has 2 aromatic rings. The highest BCUT2D eigenvalue weighted by Crippen LogP contribution is 2.17. The van der Waals surface area contributed by atoms with Crippen LogP contribution in [0.25, 0.3) is 5.69 Å². The van der Waals surface area contributed by atoms with Gasteiger partial charge in [0.05, 0.1) is 17.6 Å². The number of aromatic nitrogens is 2. The van der Waals surface area contributed by atoms with E-state index in [0.29, 0.717) is 11.4 Å². The van der Waals surface area contributed by atoms with Gasteiger partial charge in [-0.2, -0.15) is 9.78 Å². The van der Waals surface area contributed by atoms with E-state index in [0.717, 1.165) is 0 Å². The van der Waals surface area contributed by atoms with E-state index in [4.69, 9.17) is 17.4 Å². The Morgan fingerprint density at radius 3 is 2.59 bits per heavy atom. The molecule has 0 aliphatic rings. The van der Waals surface area contributed by atoms with Gasteiger partial charge in [0.1, 0.15) is 5.02 Å². The lowest BCUT2D eigenvalue weighted by molar-refractivity contribution is 0.800. The summed E-state index contributed by atoms with van der Waals surface area (Å²) in [5.74, 6) is 5.53.